The van der Waals surface area contributed by atoms with Gasteiger partial charge in [-0.15, -0.1) is 0 Å². The van der Waals surface area contributed by atoms with E-state index in [2.05, 4.69) is 6.92 Å². The monoisotopic (exact) mass is 444 g/mol. The molecule has 0 spiro atoms. The zero-order valence-corrected chi connectivity index (χ0v) is 21.1. The second-order valence-electron chi connectivity index (χ2n) is 7.09. The van der Waals surface area contributed by atoms with Crippen molar-refractivity contribution in [3.8, 4) is 0 Å². The first-order valence-corrected chi connectivity index (χ1v) is 12.2. The predicted molar refractivity (Wildman–Crippen MR) is 107 cm³/mol. The number of hydrogen-bond donors (Lipinski definition) is 0. The van der Waals surface area contributed by atoms with Gasteiger partial charge in [-0.05, 0) is 19.3 Å². The fraction of sp³-hybridized carbons (Fsp3) is 0.900. The molecule has 9 heteroatoms. The van der Waals surface area contributed by atoms with Crippen LogP contribution in [0.2, 0.25) is 0 Å². The Kier molecular flexibility index (Phi) is 22.6. The molecule has 0 unspecified atom stereocenters. The fourth-order valence-electron chi connectivity index (χ4n) is 2.69. The maximum absolute atomic E-state index is 11.6. The third-order valence-electron chi connectivity index (χ3n) is 4.35. The standard InChI is InChI=1S/C20H38O7S.Na/c1-2-3-4-5-8-11-16-26-19(21)14-15-20(22)27-17-12-9-6-7-10-13-18-28(23,24)25;/h2-18H2,1H3,(H,23,24,25);/q;+1/p-1. The van der Waals surface area contributed by atoms with E-state index in [4.69, 9.17) is 9.47 Å². The molecule has 0 aliphatic rings. The van der Waals surface area contributed by atoms with Gasteiger partial charge < -0.3 is 14.0 Å². The van der Waals surface area contributed by atoms with Crippen molar-refractivity contribution in [2.75, 3.05) is 19.0 Å². The zero-order chi connectivity index (χ0) is 21.1. The average molecular weight is 445 g/mol. The Morgan fingerprint density at radius 1 is 0.690 bits per heavy atom. The van der Waals surface area contributed by atoms with Crippen LogP contribution in [0, 0.1) is 0 Å². The van der Waals surface area contributed by atoms with E-state index in [1.165, 1.54) is 25.7 Å². The van der Waals surface area contributed by atoms with Gasteiger partial charge in [0.25, 0.3) is 0 Å². The van der Waals surface area contributed by atoms with E-state index >= 15 is 0 Å². The summed E-state index contributed by atoms with van der Waals surface area (Å²) >= 11 is 0. The topological polar surface area (TPSA) is 110 Å². The van der Waals surface area contributed by atoms with Crippen molar-refractivity contribution < 1.29 is 61.6 Å². The van der Waals surface area contributed by atoms with Crippen molar-refractivity contribution >= 4 is 22.1 Å². The van der Waals surface area contributed by atoms with Crippen molar-refractivity contribution in [2.45, 2.75) is 96.8 Å². The number of unbranched alkanes of at least 4 members (excludes halogenated alkanes) is 10. The van der Waals surface area contributed by atoms with Gasteiger partial charge in [0.1, 0.15) is 0 Å². The van der Waals surface area contributed by atoms with Gasteiger partial charge in [-0.3, -0.25) is 9.59 Å². The molecule has 0 N–H and O–H groups in total. The van der Waals surface area contributed by atoms with E-state index in [-0.39, 0.29) is 54.1 Å². The summed E-state index contributed by atoms with van der Waals surface area (Å²) in [4.78, 5) is 23.1. The molecule has 0 aliphatic carbocycles. The number of hydrogen-bond acceptors (Lipinski definition) is 7. The van der Waals surface area contributed by atoms with Crippen LogP contribution in [-0.4, -0.2) is 43.9 Å². The molecule has 0 amide bonds. The summed E-state index contributed by atoms with van der Waals surface area (Å²) in [5, 5.41) is 0. The summed E-state index contributed by atoms with van der Waals surface area (Å²) in [5.74, 6) is -1.05. The van der Waals surface area contributed by atoms with Crippen molar-refractivity contribution in [2.24, 2.45) is 0 Å². The molecule has 0 aromatic heterocycles. The van der Waals surface area contributed by atoms with Gasteiger partial charge in [0.05, 0.1) is 36.2 Å². The summed E-state index contributed by atoms with van der Waals surface area (Å²) in [5.41, 5.74) is 0. The number of ether oxygens (including phenoxy) is 2. The van der Waals surface area contributed by atoms with Crippen LogP contribution >= 0.6 is 0 Å². The van der Waals surface area contributed by atoms with Crippen LogP contribution < -0.4 is 29.6 Å². The minimum atomic E-state index is -4.10. The summed E-state index contributed by atoms with van der Waals surface area (Å²) in [6, 6.07) is 0. The molecule has 0 aliphatic heterocycles. The minimum Gasteiger partial charge on any atom is -0.748 e. The first-order valence-electron chi connectivity index (χ1n) is 10.6. The molecule has 0 radical (unpaired) electrons. The Hall–Kier alpha value is -0.150. The van der Waals surface area contributed by atoms with Gasteiger partial charge in [0, 0.05) is 5.75 Å². The number of esters is 2. The van der Waals surface area contributed by atoms with Gasteiger partial charge in [-0.25, -0.2) is 8.42 Å². The number of rotatable bonds is 19. The van der Waals surface area contributed by atoms with E-state index in [0.717, 1.165) is 38.5 Å². The molecule has 0 bridgehead atoms. The maximum Gasteiger partial charge on any atom is 1.00 e. The third-order valence-corrected chi connectivity index (χ3v) is 5.13. The molecule has 0 aromatic rings. The molecule has 0 saturated heterocycles. The van der Waals surface area contributed by atoms with Gasteiger partial charge in [0.15, 0.2) is 0 Å². The van der Waals surface area contributed by atoms with Crippen LogP contribution in [0.4, 0.5) is 0 Å². The van der Waals surface area contributed by atoms with E-state index in [0.29, 0.717) is 26.1 Å². The molecule has 0 aromatic carbocycles. The molecule has 29 heavy (non-hydrogen) atoms. The molecular weight excluding hydrogens is 407 g/mol. The third kappa shape index (κ3) is 25.8. The van der Waals surface area contributed by atoms with Gasteiger partial charge >= 0.3 is 41.5 Å². The van der Waals surface area contributed by atoms with Gasteiger partial charge in [0.2, 0.25) is 0 Å². The van der Waals surface area contributed by atoms with Gasteiger partial charge in [-0.2, -0.15) is 0 Å². The molecule has 0 rings (SSSR count). The predicted octanol–water partition coefficient (Wildman–Crippen LogP) is 1.10. The minimum absolute atomic E-state index is 0. The molecule has 7 nitrogen and oxygen atoms in total. The van der Waals surface area contributed by atoms with E-state index in [9.17, 15) is 22.6 Å². The van der Waals surface area contributed by atoms with Crippen LogP contribution in [0.3, 0.4) is 0 Å². The SMILES string of the molecule is CCCCCCCCOC(=O)CCC(=O)OCCCCCCCCS(=O)(=O)[O-].[Na+]. The second kappa shape index (κ2) is 21.1. The molecule has 0 saturated carbocycles. The van der Waals surface area contributed by atoms with Crippen molar-refractivity contribution in [3.63, 3.8) is 0 Å². The van der Waals surface area contributed by atoms with E-state index < -0.39 is 16.1 Å². The average Bonchev–Trinajstić information content (AvgIpc) is 2.63. The quantitative estimate of drug-likeness (QED) is 0.127. The Bertz CT molecular complexity index is 509. The first kappa shape index (κ1) is 31.0. The van der Waals surface area contributed by atoms with Crippen LogP contribution in [0.15, 0.2) is 0 Å². The summed E-state index contributed by atoms with van der Waals surface area (Å²) < 4.78 is 41.5. The normalized spacial score (nSPS) is 11.0. The fourth-order valence-corrected chi connectivity index (χ4v) is 3.25. The Morgan fingerprint density at radius 2 is 1.07 bits per heavy atom. The summed E-state index contributed by atoms with van der Waals surface area (Å²) in [6.07, 6.45) is 11.3. The number of carbonyl (C=O) groups excluding carboxylic acids is 2. The van der Waals surface area contributed by atoms with Crippen LogP contribution in [-0.2, 0) is 29.2 Å². The second-order valence-corrected chi connectivity index (χ2v) is 8.62. The molecule has 0 fully saturated rings. The first-order chi connectivity index (χ1) is 13.3. The van der Waals surface area contributed by atoms with Crippen molar-refractivity contribution in [3.05, 3.63) is 0 Å². The number of carbonyl (C=O) groups is 2. The van der Waals surface area contributed by atoms with Crippen LogP contribution in [0.25, 0.3) is 0 Å². The Labute approximate surface area is 198 Å². The smallest absolute Gasteiger partial charge is 0.748 e. The maximum atomic E-state index is 11.6. The van der Waals surface area contributed by atoms with Crippen molar-refractivity contribution in [1.82, 2.24) is 0 Å². The van der Waals surface area contributed by atoms with Gasteiger partial charge in [-0.1, -0.05) is 64.7 Å². The zero-order valence-electron chi connectivity index (χ0n) is 18.3. The van der Waals surface area contributed by atoms with Crippen molar-refractivity contribution in [1.29, 1.82) is 0 Å². The van der Waals surface area contributed by atoms with E-state index in [1.54, 1.807) is 0 Å². The Balaban J connectivity index is 0. The van der Waals surface area contributed by atoms with Crippen LogP contribution in [0.5, 0.6) is 0 Å². The summed E-state index contributed by atoms with van der Waals surface area (Å²) in [7, 11) is -4.10. The molecule has 166 valence electrons. The Morgan fingerprint density at radius 3 is 1.48 bits per heavy atom. The molecular formula is C20H37NaO7S. The largest absolute Gasteiger partial charge is 1.00 e. The van der Waals surface area contributed by atoms with Crippen LogP contribution in [0.1, 0.15) is 96.8 Å². The molecule has 0 atom stereocenters. The van der Waals surface area contributed by atoms with E-state index in [1.807, 2.05) is 0 Å². The summed E-state index contributed by atoms with van der Waals surface area (Å²) in [6.45, 7) is 2.91. The molecule has 0 heterocycles.